The Morgan fingerprint density at radius 2 is 2.09 bits per heavy atom. The molecule has 5 nitrogen and oxygen atoms in total. The molecular formula is C6H6N3O2-. The number of aromatic carboxylic acids is 1. The van der Waals surface area contributed by atoms with Gasteiger partial charge < -0.3 is 15.2 Å². The van der Waals surface area contributed by atoms with Gasteiger partial charge in [-0.25, -0.2) is 9.97 Å². The summed E-state index contributed by atoms with van der Waals surface area (Å²) < 4.78 is 0. The normalized spacial score (nSPS) is 9.18. The lowest BCUT2D eigenvalue weighted by Gasteiger charge is -2.01. The monoisotopic (exact) mass is 152 g/mol. The van der Waals surface area contributed by atoms with Crippen LogP contribution in [0.15, 0.2) is 12.4 Å². The number of aromatic nitrogens is 2. The molecule has 11 heavy (non-hydrogen) atoms. The van der Waals surface area contributed by atoms with Gasteiger partial charge in [0.05, 0.1) is 5.97 Å². The second-order valence-corrected chi connectivity index (χ2v) is 1.83. The highest BCUT2D eigenvalue weighted by Crippen LogP contribution is 1.96. The third-order valence-electron chi connectivity index (χ3n) is 1.11. The van der Waals surface area contributed by atoms with Gasteiger partial charge in [0.25, 0.3) is 0 Å². The molecule has 0 aromatic carbocycles. The van der Waals surface area contributed by atoms with E-state index in [-0.39, 0.29) is 5.56 Å². The lowest BCUT2D eigenvalue weighted by atomic mass is 10.4. The quantitative estimate of drug-likeness (QED) is 0.580. The van der Waals surface area contributed by atoms with Crippen molar-refractivity contribution in [3.63, 3.8) is 0 Å². The number of carboxylic acid groups (broad SMARTS) is 1. The SMILES string of the molecule is CNc1ncc(C(=O)[O-])cn1. The van der Waals surface area contributed by atoms with Gasteiger partial charge in [-0.2, -0.15) is 0 Å². The maximum atomic E-state index is 10.2. The van der Waals surface area contributed by atoms with Gasteiger partial charge in [0.1, 0.15) is 0 Å². The number of rotatable bonds is 2. The summed E-state index contributed by atoms with van der Waals surface area (Å²) in [6, 6.07) is 0. The highest BCUT2D eigenvalue weighted by Gasteiger charge is 1.94. The van der Waals surface area contributed by atoms with Crippen molar-refractivity contribution in [2.75, 3.05) is 12.4 Å². The van der Waals surface area contributed by atoms with Crippen LogP contribution >= 0.6 is 0 Å². The molecule has 0 aliphatic rings. The molecule has 1 aromatic heterocycles. The van der Waals surface area contributed by atoms with Gasteiger partial charge in [-0.05, 0) is 0 Å². The predicted octanol–water partition coefficient (Wildman–Crippen LogP) is -1.12. The molecule has 1 N–H and O–H groups in total. The minimum absolute atomic E-state index is 0.0241. The molecule has 0 unspecified atom stereocenters. The maximum absolute atomic E-state index is 10.2. The summed E-state index contributed by atoms with van der Waals surface area (Å²) >= 11 is 0. The summed E-state index contributed by atoms with van der Waals surface area (Å²) in [7, 11) is 1.65. The summed E-state index contributed by atoms with van der Waals surface area (Å²) in [5.74, 6) is -0.886. The molecular weight excluding hydrogens is 146 g/mol. The van der Waals surface area contributed by atoms with Gasteiger partial charge in [0, 0.05) is 25.0 Å². The van der Waals surface area contributed by atoms with Crippen molar-refractivity contribution in [2.24, 2.45) is 0 Å². The van der Waals surface area contributed by atoms with E-state index in [2.05, 4.69) is 15.3 Å². The molecule has 0 saturated heterocycles. The number of carbonyl (C=O) groups excluding carboxylic acids is 1. The van der Waals surface area contributed by atoms with Crippen LogP contribution in [0.25, 0.3) is 0 Å². The second-order valence-electron chi connectivity index (χ2n) is 1.83. The molecule has 1 rings (SSSR count). The Kier molecular flexibility index (Phi) is 2.00. The van der Waals surface area contributed by atoms with E-state index in [0.717, 1.165) is 0 Å². The Morgan fingerprint density at radius 3 is 2.45 bits per heavy atom. The van der Waals surface area contributed by atoms with Crippen LogP contribution in [0, 0.1) is 0 Å². The highest BCUT2D eigenvalue weighted by atomic mass is 16.4. The summed E-state index contributed by atoms with van der Waals surface area (Å²) in [5, 5.41) is 12.8. The number of nitrogens with one attached hydrogen (secondary N) is 1. The Hall–Kier alpha value is -1.65. The topological polar surface area (TPSA) is 77.9 Å². The van der Waals surface area contributed by atoms with Crippen LogP contribution in [0.5, 0.6) is 0 Å². The zero-order valence-electron chi connectivity index (χ0n) is 5.87. The van der Waals surface area contributed by atoms with Crippen molar-refractivity contribution in [2.45, 2.75) is 0 Å². The van der Waals surface area contributed by atoms with Crippen LogP contribution in [-0.4, -0.2) is 23.0 Å². The summed E-state index contributed by atoms with van der Waals surface area (Å²) in [6.07, 6.45) is 2.38. The van der Waals surface area contributed by atoms with Crippen LogP contribution in [-0.2, 0) is 0 Å². The van der Waals surface area contributed by atoms with E-state index in [1.54, 1.807) is 7.05 Å². The van der Waals surface area contributed by atoms with E-state index in [1.807, 2.05) is 0 Å². The molecule has 0 atom stereocenters. The van der Waals surface area contributed by atoms with Gasteiger partial charge in [-0.1, -0.05) is 0 Å². The lowest BCUT2D eigenvalue weighted by molar-refractivity contribution is -0.255. The van der Waals surface area contributed by atoms with Crippen LogP contribution in [0.1, 0.15) is 10.4 Å². The number of anilines is 1. The number of nitrogens with zero attached hydrogens (tertiary/aromatic N) is 2. The Bertz CT molecular complexity index is 257. The van der Waals surface area contributed by atoms with E-state index in [4.69, 9.17) is 0 Å². The van der Waals surface area contributed by atoms with Gasteiger partial charge in [0.15, 0.2) is 0 Å². The van der Waals surface area contributed by atoms with Crippen LogP contribution < -0.4 is 10.4 Å². The average molecular weight is 152 g/mol. The highest BCUT2D eigenvalue weighted by molar-refractivity contribution is 5.84. The third kappa shape index (κ3) is 1.64. The van der Waals surface area contributed by atoms with E-state index < -0.39 is 5.97 Å². The minimum Gasteiger partial charge on any atom is -0.545 e. The first kappa shape index (κ1) is 7.46. The maximum Gasteiger partial charge on any atom is 0.222 e. The van der Waals surface area contributed by atoms with Gasteiger partial charge >= 0.3 is 0 Å². The number of carbonyl (C=O) groups is 1. The smallest absolute Gasteiger partial charge is 0.222 e. The number of hydrogen-bond donors (Lipinski definition) is 1. The molecule has 0 bridgehead atoms. The first-order valence-corrected chi connectivity index (χ1v) is 2.95. The largest absolute Gasteiger partial charge is 0.545 e. The molecule has 0 saturated carbocycles. The first-order valence-electron chi connectivity index (χ1n) is 2.95. The van der Waals surface area contributed by atoms with Crippen molar-refractivity contribution < 1.29 is 9.90 Å². The molecule has 0 amide bonds. The molecule has 0 aliphatic heterocycles. The molecule has 1 aromatic rings. The van der Waals surface area contributed by atoms with Crippen molar-refractivity contribution in [3.05, 3.63) is 18.0 Å². The van der Waals surface area contributed by atoms with Crippen molar-refractivity contribution in [1.82, 2.24) is 9.97 Å². The van der Waals surface area contributed by atoms with E-state index >= 15 is 0 Å². The molecule has 0 spiro atoms. The Morgan fingerprint density at radius 1 is 1.55 bits per heavy atom. The van der Waals surface area contributed by atoms with Crippen molar-refractivity contribution in [1.29, 1.82) is 0 Å². The van der Waals surface area contributed by atoms with Crippen LogP contribution in [0.2, 0.25) is 0 Å². The standard InChI is InChI=1S/C6H7N3O2/c1-7-6-8-2-4(3-9-6)5(10)11/h2-3H,1H3,(H,10,11)(H,7,8,9)/p-1. The van der Waals surface area contributed by atoms with E-state index in [0.29, 0.717) is 5.95 Å². The first-order chi connectivity index (χ1) is 5.24. The van der Waals surface area contributed by atoms with Crippen molar-refractivity contribution >= 4 is 11.9 Å². The summed E-state index contributed by atoms with van der Waals surface area (Å²) in [5.41, 5.74) is -0.0241. The molecule has 0 fully saturated rings. The third-order valence-corrected chi connectivity index (χ3v) is 1.11. The van der Waals surface area contributed by atoms with Gasteiger partial charge in [0.2, 0.25) is 5.95 Å². The van der Waals surface area contributed by atoms with E-state index in [1.165, 1.54) is 12.4 Å². The predicted molar refractivity (Wildman–Crippen MR) is 35.9 cm³/mol. The lowest BCUT2D eigenvalue weighted by Crippen LogP contribution is -2.22. The van der Waals surface area contributed by atoms with Gasteiger partial charge in [-0.3, -0.25) is 0 Å². The fraction of sp³-hybridized carbons (Fsp3) is 0.167. The van der Waals surface area contributed by atoms with Gasteiger partial charge in [-0.15, -0.1) is 0 Å². The summed E-state index contributed by atoms with van der Waals surface area (Å²) in [6.45, 7) is 0. The fourth-order valence-corrected chi connectivity index (χ4v) is 0.563. The molecule has 5 heteroatoms. The second kappa shape index (κ2) is 2.96. The Labute approximate surface area is 63.1 Å². The molecule has 58 valence electrons. The zero-order chi connectivity index (χ0) is 8.27. The van der Waals surface area contributed by atoms with Crippen LogP contribution in [0.3, 0.4) is 0 Å². The molecule has 0 aliphatic carbocycles. The number of carboxylic acids is 1. The fourth-order valence-electron chi connectivity index (χ4n) is 0.563. The minimum atomic E-state index is -1.27. The average Bonchev–Trinajstić information content (AvgIpc) is 2.05. The Balaban J connectivity index is 2.91. The summed E-state index contributed by atoms with van der Waals surface area (Å²) in [4.78, 5) is 17.5. The number of hydrogen-bond acceptors (Lipinski definition) is 5. The van der Waals surface area contributed by atoms with Crippen molar-refractivity contribution in [3.8, 4) is 0 Å². The molecule has 0 radical (unpaired) electrons. The van der Waals surface area contributed by atoms with E-state index in [9.17, 15) is 9.90 Å². The zero-order valence-corrected chi connectivity index (χ0v) is 5.87. The molecule has 1 heterocycles. The van der Waals surface area contributed by atoms with Crippen LogP contribution in [0.4, 0.5) is 5.95 Å².